The Balaban J connectivity index is 2.46. The summed E-state index contributed by atoms with van der Waals surface area (Å²) in [6.45, 7) is 1.93. The molecule has 2 rings (SSSR count). The summed E-state index contributed by atoms with van der Waals surface area (Å²) in [5, 5.41) is 25.1. The van der Waals surface area contributed by atoms with Crippen LogP contribution in [-0.4, -0.2) is 9.78 Å². The summed E-state index contributed by atoms with van der Waals surface area (Å²) >= 11 is 6.20. The summed E-state index contributed by atoms with van der Waals surface area (Å²) in [5.74, 6) is 0. The molecule has 0 bridgehead atoms. The predicted octanol–water partition coefficient (Wildman–Crippen LogP) is 3.18. The molecule has 2 aromatic rings. The second-order valence-electron chi connectivity index (χ2n) is 4.02. The Morgan fingerprint density at radius 2 is 2.15 bits per heavy atom. The maximum Gasteiger partial charge on any atom is 0.145 e. The number of nitrogens with zero attached hydrogens (tertiary/aromatic N) is 4. The number of nitriles is 2. The van der Waals surface area contributed by atoms with Gasteiger partial charge in [-0.3, -0.25) is 0 Å². The number of hydrogen-bond acceptors (Lipinski definition) is 4. The van der Waals surface area contributed by atoms with Crippen LogP contribution in [0.25, 0.3) is 5.69 Å². The van der Waals surface area contributed by atoms with Gasteiger partial charge in [-0.2, -0.15) is 15.6 Å². The average Bonchev–Trinajstić information content (AvgIpc) is 2.86. The van der Waals surface area contributed by atoms with E-state index < -0.39 is 0 Å². The maximum absolute atomic E-state index is 8.72. The number of aryl methyl sites for hydroxylation is 1. The van der Waals surface area contributed by atoms with Crippen LogP contribution in [0.5, 0.6) is 0 Å². The molecule has 20 heavy (non-hydrogen) atoms. The van der Waals surface area contributed by atoms with E-state index >= 15 is 0 Å². The van der Waals surface area contributed by atoms with E-state index in [1.54, 1.807) is 41.2 Å². The van der Waals surface area contributed by atoms with Crippen LogP contribution in [0.1, 0.15) is 5.56 Å². The van der Waals surface area contributed by atoms with Crippen LogP contribution in [0.15, 0.2) is 42.4 Å². The molecular weight excluding hydrogens is 274 g/mol. The molecule has 1 heterocycles. The largest absolute Gasteiger partial charge is 0.358 e. The van der Waals surface area contributed by atoms with E-state index in [2.05, 4.69) is 10.4 Å². The van der Waals surface area contributed by atoms with E-state index in [4.69, 9.17) is 22.1 Å². The lowest BCUT2D eigenvalue weighted by molar-refractivity contribution is 0.882. The molecule has 0 saturated heterocycles. The van der Waals surface area contributed by atoms with Gasteiger partial charge in [-0.1, -0.05) is 17.7 Å². The van der Waals surface area contributed by atoms with Crippen molar-refractivity contribution < 1.29 is 0 Å². The first-order chi connectivity index (χ1) is 9.65. The quantitative estimate of drug-likeness (QED) is 0.878. The molecule has 1 aromatic heterocycles. The molecule has 0 fully saturated rings. The van der Waals surface area contributed by atoms with Crippen molar-refractivity contribution in [1.29, 1.82) is 10.5 Å². The van der Waals surface area contributed by atoms with Crippen molar-refractivity contribution in [2.24, 2.45) is 0 Å². The predicted molar refractivity (Wildman–Crippen MR) is 76.2 cm³/mol. The Morgan fingerprint density at radius 1 is 1.40 bits per heavy atom. The van der Waals surface area contributed by atoms with Gasteiger partial charge in [0.05, 0.1) is 16.9 Å². The number of benzene rings is 1. The second kappa shape index (κ2) is 5.92. The fraction of sp³-hybridized carbons (Fsp3) is 0.0714. The van der Waals surface area contributed by atoms with Gasteiger partial charge in [0.15, 0.2) is 0 Å². The summed E-state index contributed by atoms with van der Waals surface area (Å²) in [7, 11) is 0. The fourth-order valence-electron chi connectivity index (χ4n) is 1.64. The Morgan fingerprint density at radius 3 is 2.75 bits per heavy atom. The van der Waals surface area contributed by atoms with Crippen LogP contribution in [0.4, 0.5) is 5.69 Å². The van der Waals surface area contributed by atoms with E-state index in [9.17, 15) is 0 Å². The molecule has 0 aliphatic rings. The number of nitrogens with one attached hydrogen (secondary N) is 1. The van der Waals surface area contributed by atoms with E-state index in [1.807, 2.05) is 13.1 Å². The standard InChI is InChI=1S/C14H10ClN5/c1-10-7-19-20(9-10)14-12(15)3-2-4-13(14)18-8-11(5-16)6-17/h2-4,7-9,18H,1H3. The van der Waals surface area contributed by atoms with E-state index in [-0.39, 0.29) is 5.57 Å². The van der Waals surface area contributed by atoms with Gasteiger partial charge in [-0.05, 0) is 24.6 Å². The van der Waals surface area contributed by atoms with Crippen LogP contribution in [0, 0.1) is 29.6 Å². The third kappa shape index (κ3) is 2.80. The van der Waals surface area contributed by atoms with Gasteiger partial charge in [0.2, 0.25) is 0 Å². The van der Waals surface area contributed by atoms with Gasteiger partial charge in [0.25, 0.3) is 0 Å². The van der Waals surface area contributed by atoms with Crippen molar-refractivity contribution in [2.75, 3.05) is 5.32 Å². The van der Waals surface area contributed by atoms with Gasteiger partial charge in [0.1, 0.15) is 23.4 Å². The summed E-state index contributed by atoms with van der Waals surface area (Å²) < 4.78 is 1.65. The number of allylic oxidation sites excluding steroid dienone is 1. The second-order valence-corrected chi connectivity index (χ2v) is 4.43. The average molecular weight is 284 g/mol. The van der Waals surface area contributed by atoms with Crippen LogP contribution < -0.4 is 5.32 Å². The van der Waals surface area contributed by atoms with Crippen molar-refractivity contribution >= 4 is 17.3 Å². The first-order valence-electron chi connectivity index (χ1n) is 5.72. The highest BCUT2D eigenvalue weighted by molar-refractivity contribution is 6.33. The number of para-hydroxylation sites is 1. The minimum atomic E-state index is -0.0208. The van der Waals surface area contributed by atoms with E-state index in [0.29, 0.717) is 16.4 Å². The molecule has 5 nitrogen and oxygen atoms in total. The van der Waals surface area contributed by atoms with Crippen molar-refractivity contribution in [3.8, 4) is 17.8 Å². The molecule has 0 atom stereocenters. The normalized spacial score (nSPS) is 9.40. The fourth-order valence-corrected chi connectivity index (χ4v) is 1.90. The zero-order valence-electron chi connectivity index (χ0n) is 10.6. The lowest BCUT2D eigenvalue weighted by Crippen LogP contribution is -2.01. The highest BCUT2D eigenvalue weighted by Gasteiger charge is 2.09. The zero-order chi connectivity index (χ0) is 14.5. The topological polar surface area (TPSA) is 77.4 Å². The smallest absolute Gasteiger partial charge is 0.145 e. The molecule has 6 heteroatoms. The van der Waals surface area contributed by atoms with Crippen LogP contribution in [-0.2, 0) is 0 Å². The van der Waals surface area contributed by atoms with E-state index in [0.717, 1.165) is 5.56 Å². The number of anilines is 1. The lowest BCUT2D eigenvalue weighted by atomic mass is 10.2. The van der Waals surface area contributed by atoms with Crippen LogP contribution >= 0.6 is 11.6 Å². The summed E-state index contributed by atoms with van der Waals surface area (Å²) in [5.41, 5.74) is 2.30. The Hall–Kier alpha value is -2.76. The molecule has 98 valence electrons. The van der Waals surface area contributed by atoms with Gasteiger partial charge in [-0.15, -0.1) is 0 Å². The molecule has 0 saturated carbocycles. The number of hydrogen-bond donors (Lipinski definition) is 1. The molecule has 0 amide bonds. The van der Waals surface area contributed by atoms with Crippen LogP contribution in [0.3, 0.4) is 0 Å². The molecule has 0 aliphatic carbocycles. The first-order valence-corrected chi connectivity index (χ1v) is 6.10. The van der Waals surface area contributed by atoms with Crippen molar-refractivity contribution in [1.82, 2.24) is 9.78 Å². The summed E-state index contributed by atoms with van der Waals surface area (Å²) in [4.78, 5) is 0. The third-order valence-electron chi connectivity index (χ3n) is 2.54. The third-order valence-corrected chi connectivity index (χ3v) is 2.85. The zero-order valence-corrected chi connectivity index (χ0v) is 11.4. The molecule has 0 aliphatic heterocycles. The number of rotatable bonds is 3. The highest BCUT2D eigenvalue weighted by atomic mass is 35.5. The molecule has 0 spiro atoms. The Kier molecular flexibility index (Phi) is 4.05. The lowest BCUT2D eigenvalue weighted by Gasteiger charge is -2.11. The van der Waals surface area contributed by atoms with Gasteiger partial charge in [0, 0.05) is 12.4 Å². The maximum atomic E-state index is 8.72. The SMILES string of the molecule is Cc1cnn(-c2c(Cl)cccc2NC=C(C#N)C#N)c1. The molecule has 1 aromatic carbocycles. The Bertz CT molecular complexity index is 730. The number of halogens is 1. The highest BCUT2D eigenvalue weighted by Crippen LogP contribution is 2.28. The minimum Gasteiger partial charge on any atom is -0.358 e. The molecule has 0 radical (unpaired) electrons. The summed E-state index contributed by atoms with van der Waals surface area (Å²) in [6, 6.07) is 8.88. The van der Waals surface area contributed by atoms with Gasteiger partial charge in [-0.25, -0.2) is 4.68 Å². The molecule has 0 unspecified atom stereocenters. The minimum absolute atomic E-state index is 0.0208. The van der Waals surface area contributed by atoms with Gasteiger partial charge < -0.3 is 5.32 Å². The van der Waals surface area contributed by atoms with Gasteiger partial charge >= 0.3 is 0 Å². The van der Waals surface area contributed by atoms with Crippen molar-refractivity contribution in [3.63, 3.8) is 0 Å². The van der Waals surface area contributed by atoms with Crippen molar-refractivity contribution in [2.45, 2.75) is 6.92 Å². The molecule has 1 N–H and O–H groups in total. The van der Waals surface area contributed by atoms with E-state index in [1.165, 1.54) is 6.20 Å². The van der Waals surface area contributed by atoms with Crippen LogP contribution in [0.2, 0.25) is 5.02 Å². The first kappa shape index (κ1) is 13.7. The monoisotopic (exact) mass is 283 g/mol. The molecular formula is C14H10ClN5. The number of aromatic nitrogens is 2. The summed E-state index contributed by atoms with van der Waals surface area (Å²) in [6.07, 6.45) is 4.90. The Labute approximate surface area is 121 Å². The van der Waals surface area contributed by atoms with Crippen molar-refractivity contribution in [3.05, 3.63) is 53.0 Å².